The van der Waals surface area contributed by atoms with Gasteiger partial charge in [0.2, 0.25) is 11.8 Å². The fourth-order valence-electron chi connectivity index (χ4n) is 4.41. The van der Waals surface area contributed by atoms with Crippen molar-refractivity contribution >= 4 is 17.6 Å². The standard InChI is InChI=1S/C21H18N4O5/c1-3-24-11(2)8-15-17(19(24)28)21(13(9-22)18(23)30-15)12-6-4-5-7-14(12)25(20(21)29)10-16(26)27/h4-8H,3,10,23H2,1-2H3,(H,26,27). The molecular formula is C21H18N4O5. The minimum absolute atomic E-state index is 0.0361. The normalized spacial score (nSPS) is 19.4. The van der Waals surface area contributed by atoms with Crippen molar-refractivity contribution in [1.82, 2.24) is 4.57 Å². The smallest absolute Gasteiger partial charge is 0.323 e. The summed E-state index contributed by atoms with van der Waals surface area (Å²) in [6, 6.07) is 10.0. The van der Waals surface area contributed by atoms with Crippen molar-refractivity contribution in [3.63, 3.8) is 0 Å². The van der Waals surface area contributed by atoms with Gasteiger partial charge in [-0.2, -0.15) is 5.26 Å². The van der Waals surface area contributed by atoms with Crippen molar-refractivity contribution in [3.8, 4) is 11.8 Å². The second-order valence-corrected chi connectivity index (χ2v) is 7.08. The van der Waals surface area contributed by atoms with Gasteiger partial charge in [-0.05, 0) is 19.9 Å². The number of ether oxygens (including phenoxy) is 1. The maximum atomic E-state index is 13.8. The summed E-state index contributed by atoms with van der Waals surface area (Å²) < 4.78 is 7.07. The zero-order chi connectivity index (χ0) is 21.8. The fraction of sp³-hybridized carbons (Fsp3) is 0.238. The topological polar surface area (TPSA) is 139 Å². The van der Waals surface area contributed by atoms with Crippen LogP contribution in [-0.2, 0) is 21.5 Å². The molecule has 0 fully saturated rings. The second kappa shape index (κ2) is 6.49. The molecule has 4 rings (SSSR count). The average Bonchev–Trinajstić information content (AvgIpc) is 2.91. The molecule has 9 nitrogen and oxygen atoms in total. The Morgan fingerprint density at radius 1 is 1.33 bits per heavy atom. The molecule has 2 aliphatic heterocycles. The number of carboxylic acids is 1. The highest BCUT2D eigenvalue weighted by atomic mass is 16.5. The van der Waals surface area contributed by atoms with Crippen LogP contribution in [0, 0.1) is 18.3 Å². The fourth-order valence-corrected chi connectivity index (χ4v) is 4.41. The van der Waals surface area contributed by atoms with Crippen LogP contribution < -0.4 is 20.9 Å². The van der Waals surface area contributed by atoms with Crippen LogP contribution in [0.4, 0.5) is 5.69 Å². The molecule has 0 saturated carbocycles. The molecule has 0 saturated heterocycles. The highest BCUT2D eigenvalue weighted by molar-refractivity contribution is 6.15. The Morgan fingerprint density at radius 2 is 2.03 bits per heavy atom. The summed E-state index contributed by atoms with van der Waals surface area (Å²) in [5, 5.41) is 19.3. The zero-order valence-electron chi connectivity index (χ0n) is 16.3. The van der Waals surface area contributed by atoms with E-state index in [1.165, 1.54) is 4.57 Å². The summed E-state index contributed by atoms with van der Waals surface area (Å²) in [6.45, 7) is 3.22. The van der Waals surface area contributed by atoms with Gasteiger partial charge in [-0.15, -0.1) is 0 Å². The van der Waals surface area contributed by atoms with Crippen LogP contribution in [0.3, 0.4) is 0 Å². The maximum Gasteiger partial charge on any atom is 0.323 e. The van der Waals surface area contributed by atoms with E-state index < -0.39 is 29.4 Å². The van der Waals surface area contributed by atoms with E-state index >= 15 is 0 Å². The van der Waals surface area contributed by atoms with E-state index in [1.54, 1.807) is 44.2 Å². The maximum absolute atomic E-state index is 13.8. The van der Waals surface area contributed by atoms with Crippen molar-refractivity contribution in [2.45, 2.75) is 25.8 Å². The first-order valence-electron chi connectivity index (χ1n) is 9.25. The molecule has 152 valence electrons. The van der Waals surface area contributed by atoms with E-state index in [2.05, 4.69) is 0 Å². The molecule has 2 aliphatic rings. The number of benzene rings is 1. The summed E-state index contributed by atoms with van der Waals surface area (Å²) in [4.78, 5) is 39.8. The predicted molar refractivity (Wildman–Crippen MR) is 106 cm³/mol. The molecule has 1 aromatic carbocycles. The van der Waals surface area contributed by atoms with Crippen LogP contribution >= 0.6 is 0 Å². The number of nitrogens with two attached hydrogens (primary N) is 1. The number of nitriles is 1. The van der Waals surface area contributed by atoms with Crippen LogP contribution in [0.1, 0.15) is 23.7 Å². The number of amides is 1. The molecule has 2 aromatic rings. The Hall–Kier alpha value is -4.06. The number of hydrogen-bond acceptors (Lipinski definition) is 6. The van der Waals surface area contributed by atoms with Gasteiger partial charge in [0, 0.05) is 29.6 Å². The van der Waals surface area contributed by atoms with Crippen molar-refractivity contribution in [1.29, 1.82) is 5.26 Å². The third kappa shape index (κ3) is 2.24. The van der Waals surface area contributed by atoms with Gasteiger partial charge in [-0.25, -0.2) is 0 Å². The van der Waals surface area contributed by atoms with E-state index in [-0.39, 0.29) is 22.8 Å². The molecule has 1 unspecified atom stereocenters. The Bertz CT molecular complexity index is 1250. The molecule has 9 heteroatoms. The largest absolute Gasteiger partial charge is 0.480 e. The molecule has 3 N–H and O–H groups in total. The van der Waals surface area contributed by atoms with Gasteiger partial charge in [-0.1, -0.05) is 18.2 Å². The zero-order valence-corrected chi connectivity index (χ0v) is 16.3. The minimum atomic E-state index is -1.87. The van der Waals surface area contributed by atoms with Gasteiger partial charge in [0.25, 0.3) is 5.56 Å². The predicted octanol–water partition coefficient (Wildman–Crippen LogP) is 0.980. The second-order valence-electron chi connectivity index (χ2n) is 7.08. The first-order valence-corrected chi connectivity index (χ1v) is 9.25. The number of fused-ring (bicyclic) bond motifs is 4. The number of pyridine rings is 1. The highest BCUT2D eigenvalue weighted by Crippen LogP contribution is 2.54. The first kappa shape index (κ1) is 19.3. The van der Waals surface area contributed by atoms with Gasteiger partial charge in [0.05, 0.1) is 5.56 Å². The number of aliphatic carboxylic acids is 1. The van der Waals surface area contributed by atoms with Gasteiger partial charge in [-0.3, -0.25) is 19.3 Å². The molecular weight excluding hydrogens is 388 g/mol. The van der Waals surface area contributed by atoms with E-state index in [0.29, 0.717) is 23.5 Å². The molecule has 30 heavy (non-hydrogen) atoms. The first-order chi connectivity index (χ1) is 14.3. The van der Waals surface area contributed by atoms with Crippen LogP contribution in [0.5, 0.6) is 5.75 Å². The third-order valence-electron chi connectivity index (χ3n) is 5.57. The van der Waals surface area contributed by atoms with Gasteiger partial charge in [0.15, 0.2) is 5.41 Å². The van der Waals surface area contributed by atoms with E-state index in [9.17, 15) is 24.8 Å². The van der Waals surface area contributed by atoms with E-state index in [1.807, 2.05) is 6.07 Å². The number of carbonyl (C=O) groups is 2. The third-order valence-corrected chi connectivity index (χ3v) is 5.57. The number of hydrogen-bond donors (Lipinski definition) is 2. The van der Waals surface area contributed by atoms with Gasteiger partial charge >= 0.3 is 5.97 Å². The molecule has 3 heterocycles. The summed E-state index contributed by atoms with van der Waals surface area (Å²) in [5.41, 5.74) is 4.63. The van der Waals surface area contributed by atoms with E-state index in [4.69, 9.17) is 10.5 Å². The van der Waals surface area contributed by atoms with E-state index in [0.717, 1.165) is 4.90 Å². The summed E-state index contributed by atoms with van der Waals surface area (Å²) in [7, 11) is 0. The number of carboxylic acid groups (broad SMARTS) is 1. The lowest BCUT2D eigenvalue weighted by Gasteiger charge is -2.34. The van der Waals surface area contributed by atoms with Crippen molar-refractivity contribution in [3.05, 3.63) is 69.0 Å². The number of anilines is 1. The number of rotatable bonds is 3. The van der Waals surface area contributed by atoms with Gasteiger partial charge in [0.1, 0.15) is 23.9 Å². The molecule has 0 radical (unpaired) electrons. The average molecular weight is 406 g/mol. The number of aryl methyl sites for hydroxylation is 1. The molecule has 1 amide bonds. The molecule has 0 bridgehead atoms. The summed E-state index contributed by atoms with van der Waals surface area (Å²) >= 11 is 0. The number of para-hydroxylation sites is 1. The van der Waals surface area contributed by atoms with Crippen LogP contribution in [0.15, 0.2) is 46.6 Å². The molecule has 1 aromatic heterocycles. The molecule has 1 spiro atoms. The van der Waals surface area contributed by atoms with Crippen molar-refractivity contribution in [2.24, 2.45) is 5.73 Å². The summed E-state index contributed by atoms with van der Waals surface area (Å²) in [5.74, 6) is -2.16. The lowest BCUT2D eigenvalue weighted by atomic mass is 9.69. The SMILES string of the molecule is CCn1c(C)cc2c(c1=O)C1(C(=O)N(CC(=O)O)c3ccccc31)C(C#N)=C(N)O2. The number of nitrogens with zero attached hydrogens (tertiary/aromatic N) is 3. The Kier molecular flexibility index (Phi) is 4.17. The van der Waals surface area contributed by atoms with Crippen LogP contribution in [0.25, 0.3) is 0 Å². The van der Waals surface area contributed by atoms with Crippen molar-refractivity contribution < 1.29 is 19.4 Å². The number of aromatic nitrogens is 1. The Balaban J connectivity index is 2.19. The highest BCUT2D eigenvalue weighted by Gasteiger charge is 2.60. The quantitative estimate of drug-likeness (QED) is 0.775. The van der Waals surface area contributed by atoms with Crippen LogP contribution in [0.2, 0.25) is 0 Å². The lowest BCUT2D eigenvalue weighted by Crippen LogP contribution is -2.50. The Morgan fingerprint density at radius 3 is 2.67 bits per heavy atom. The summed E-state index contributed by atoms with van der Waals surface area (Å²) in [6.07, 6.45) is 0. The van der Waals surface area contributed by atoms with Gasteiger partial charge < -0.3 is 20.1 Å². The number of carbonyl (C=O) groups excluding carboxylic acids is 1. The molecule has 0 aliphatic carbocycles. The monoisotopic (exact) mass is 406 g/mol. The van der Waals surface area contributed by atoms with Crippen molar-refractivity contribution in [2.75, 3.05) is 11.4 Å². The lowest BCUT2D eigenvalue weighted by molar-refractivity contribution is -0.136. The van der Waals surface area contributed by atoms with Crippen LogP contribution in [-0.4, -0.2) is 28.1 Å². The Labute approximate surface area is 171 Å². The minimum Gasteiger partial charge on any atom is -0.480 e. The molecule has 1 atom stereocenters.